The van der Waals surface area contributed by atoms with Crippen LogP contribution >= 0.6 is 0 Å². The van der Waals surface area contributed by atoms with Gasteiger partial charge in [0.1, 0.15) is 0 Å². The van der Waals surface area contributed by atoms with Crippen molar-refractivity contribution in [2.24, 2.45) is 0 Å². The lowest BCUT2D eigenvalue weighted by atomic mass is 10.00. The molecule has 1 heterocycles. The van der Waals surface area contributed by atoms with E-state index in [4.69, 9.17) is 4.74 Å². The fourth-order valence-electron chi connectivity index (χ4n) is 4.11. The highest BCUT2D eigenvalue weighted by atomic mass is 16.5. The normalized spacial score (nSPS) is 21.3. The van der Waals surface area contributed by atoms with E-state index in [1.165, 1.54) is 39.0 Å². The molecular formula is C40H56O. The zero-order chi connectivity index (χ0) is 30.7. The molecule has 1 rings (SSSR count). The molecule has 0 saturated heterocycles. The maximum atomic E-state index is 6.35. The maximum Gasteiger partial charge on any atom is 0.0979 e. The van der Waals surface area contributed by atoms with Crippen LogP contribution < -0.4 is 0 Å². The number of ether oxygens (including phenoxy) is 1. The molecular weight excluding hydrogens is 496 g/mol. The van der Waals surface area contributed by atoms with Gasteiger partial charge in [0, 0.05) is 0 Å². The van der Waals surface area contributed by atoms with E-state index in [1.807, 2.05) is 0 Å². The molecule has 1 aliphatic rings. The van der Waals surface area contributed by atoms with Crippen LogP contribution in [0.4, 0.5) is 0 Å². The predicted octanol–water partition coefficient (Wildman–Crippen LogP) is 12.1. The highest BCUT2D eigenvalue weighted by Crippen LogP contribution is 2.31. The van der Waals surface area contributed by atoms with Gasteiger partial charge in [-0.25, -0.2) is 0 Å². The summed E-state index contributed by atoms with van der Waals surface area (Å²) in [5, 5.41) is 0. The van der Waals surface area contributed by atoms with Crippen molar-refractivity contribution < 1.29 is 4.74 Å². The first-order valence-electron chi connectivity index (χ1n) is 15.1. The lowest BCUT2D eigenvalue weighted by Crippen LogP contribution is -2.25. The maximum absolute atomic E-state index is 6.35. The monoisotopic (exact) mass is 552 g/mol. The number of rotatable bonds is 15. The minimum Gasteiger partial charge on any atom is -0.360 e. The van der Waals surface area contributed by atoms with E-state index in [1.54, 1.807) is 0 Å². The predicted molar refractivity (Wildman–Crippen MR) is 185 cm³/mol. The Kier molecular flexibility index (Phi) is 17.4. The van der Waals surface area contributed by atoms with E-state index in [9.17, 15) is 0 Å². The third kappa shape index (κ3) is 18.0. The van der Waals surface area contributed by atoms with Crippen molar-refractivity contribution in [1.82, 2.24) is 0 Å². The molecule has 0 N–H and O–H groups in total. The third-order valence-electron chi connectivity index (χ3n) is 6.76. The zero-order valence-electron chi connectivity index (χ0n) is 27.6. The van der Waals surface area contributed by atoms with Crippen LogP contribution in [-0.4, -0.2) is 11.7 Å². The van der Waals surface area contributed by atoms with Gasteiger partial charge in [0.05, 0.1) is 11.7 Å². The fraction of sp³-hybridized carbons (Fsp3) is 0.400. The number of hydrogen-bond donors (Lipinski definition) is 0. The molecule has 0 saturated carbocycles. The van der Waals surface area contributed by atoms with Gasteiger partial charge in [0.15, 0.2) is 0 Å². The largest absolute Gasteiger partial charge is 0.360 e. The zero-order valence-corrected chi connectivity index (χ0v) is 27.6. The van der Waals surface area contributed by atoms with Crippen molar-refractivity contribution in [3.8, 4) is 0 Å². The smallest absolute Gasteiger partial charge is 0.0979 e. The Labute approximate surface area is 253 Å². The van der Waals surface area contributed by atoms with Crippen molar-refractivity contribution >= 4 is 0 Å². The molecule has 41 heavy (non-hydrogen) atoms. The molecule has 2 unspecified atom stereocenters. The third-order valence-corrected chi connectivity index (χ3v) is 6.76. The van der Waals surface area contributed by atoms with Crippen LogP contribution in [0.3, 0.4) is 0 Å². The Morgan fingerprint density at radius 1 is 0.634 bits per heavy atom. The van der Waals surface area contributed by atoms with Crippen LogP contribution in [-0.2, 0) is 4.74 Å². The molecule has 222 valence electrons. The van der Waals surface area contributed by atoms with Crippen molar-refractivity contribution in [1.29, 1.82) is 0 Å². The van der Waals surface area contributed by atoms with Gasteiger partial charge in [-0.2, -0.15) is 0 Å². The Morgan fingerprint density at radius 3 is 1.68 bits per heavy atom. The van der Waals surface area contributed by atoms with Crippen molar-refractivity contribution in [3.63, 3.8) is 0 Å². The van der Waals surface area contributed by atoms with Gasteiger partial charge in [0.25, 0.3) is 0 Å². The summed E-state index contributed by atoms with van der Waals surface area (Å²) in [5.41, 5.74) is 8.85. The minimum absolute atomic E-state index is 0.0556. The molecule has 1 aliphatic heterocycles. The minimum atomic E-state index is -0.176. The van der Waals surface area contributed by atoms with E-state index in [0.29, 0.717) is 0 Å². The van der Waals surface area contributed by atoms with E-state index in [2.05, 4.69) is 173 Å². The van der Waals surface area contributed by atoms with Gasteiger partial charge in [-0.3, -0.25) is 0 Å². The van der Waals surface area contributed by atoms with E-state index < -0.39 is 0 Å². The van der Waals surface area contributed by atoms with E-state index in [-0.39, 0.29) is 11.7 Å². The molecule has 0 spiro atoms. The highest BCUT2D eigenvalue weighted by Gasteiger charge is 2.30. The van der Waals surface area contributed by atoms with Crippen LogP contribution in [0.15, 0.2) is 142 Å². The van der Waals surface area contributed by atoms with E-state index in [0.717, 1.165) is 25.7 Å². The molecule has 1 nitrogen and oxygen atoms in total. The second-order valence-corrected chi connectivity index (χ2v) is 12.0. The van der Waals surface area contributed by atoms with Crippen molar-refractivity contribution in [3.05, 3.63) is 142 Å². The molecule has 0 aromatic heterocycles. The summed E-state index contributed by atoms with van der Waals surface area (Å²) in [5.74, 6) is 0. The Bertz CT molecular complexity index is 1190. The summed E-state index contributed by atoms with van der Waals surface area (Å²) in [6.45, 7) is 21.5. The quantitative estimate of drug-likeness (QED) is 0.145. The summed E-state index contributed by atoms with van der Waals surface area (Å²) in [7, 11) is 0. The SMILES string of the molecule is CC(C)=CCCC(C)=CC=CC(C)=CC=CC(C)=CC=CC=C(C)C=CC=C(C)C1C=CC(C)(CCC=C(C)C)O1. The molecule has 2 atom stereocenters. The molecule has 0 aliphatic carbocycles. The molecule has 0 radical (unpaired) electrons. The molecule has 0 aromatic carbocycles. The van der Waals surface area contributed by atoms with Gasteiger partial charge in [-0.05, 0) is 100 Å². The van der Waals surface area contributed by atoms with Crippen LogP contribution in [0.1, 0.15) is 94.9 Å². The standard InChI is InChI=1S/C40H56O/c1-32(2)18-13-22-36(7)24-15-26-37(8)25-14-23-34(5)20-11-12-21-35(6)27-16-28-38(9)39-29-31-40(10,41-39)30-17-19-33(3)4/h11-12,14-16,18-21,23-29,31,39H,13,17,22,30H2,1-10H3. The fourth-order valence-corrected chi connectivity index (χ4v) is 4.11. The molecule has 0 bridgehead atoms. The number of hydrogen-bond acceptors (Lipinski definition) is 1. The second kappa shape index (κ2) is 19.8. The first-order chi connectivity index (χ1) is 19.4. The topological polar surface area (TPSA) is 9.23 Å². The van der Waals surface area contributed by atoms with Crippen LogP contribution in [0.5, 0.6) is 0 Å². The van der Waals surface area contributed by atoms with Gasteiger partial charge in [0.2, 0.25) is 0 Å². The lowest BCUT2D eigenvalue weighted by molar-refractivity contribution is -0.000478. The van der Waals surface area contributed by atoms with Gasteiger partial charge in [-0.15, -0.1) is 0 Å². The van der Waals surface area contributed by atoms with Crippen molar-refractivity contribution in [2.75, 3.05) is 0 Å². The van der Waals surface area contributed by atoms with Gasteiger partial charge >= 0.3 is 0 Å². The van der Waals surface area contributed by atoms with Crippen LogP contribution in [0, 0.1) is 0 Å². The molecule has 0 aromatic rings. The summed E-state index contributed by atoms with van der Waals surface area (Å²) < 4.78 is 6.35. The van der Waals surface area contributed by atoms with Crippen LogP contribution in [0.25, 0.3) is 0 Å². The Morgan fingerprint density at radius 2 is 1.12 bits per heavy atom. The van der Waals surface area contributed by atoms with Crippen molar-refractivity contribution in [2.45, 2.75) is 107 Å². The molecule has 0 amide bonds. The second-order valence-electron chi connectivity index (χ2n) is 12.0. The molecule has 1 heteroatoms. The lowest BCUT2D eigenvalue weighted by Gasteiger charge is -2.24. The Hall–Kier alpha value is -3.16. The summed E-state index contributed by atoms with van der Waals surface area (Å²) in [6.07, 6.45) is 41.1. The summed E-state index contributed by atoms with van der Waals surface area (Å²) >= 11 is 0. The summed E-state index contributed by atoms with van der Waals surface area (Å²) in [6, 6.07) is 0. The van der Waals surface area contributed by atoms with Gasteiger partial charge < -0.3 is 4.74 Å². The van der Waals surface area contributed by atoms with Crippen LogP contribution in [0.2, 0.25) is 0 Å². The number of allylic oxidation sites excluding steroid dienone is 21. The molecule has 0 fully saturated rings. The van der Waals surface area contributed by atoms with Gasteiger partial charge in [-0.1, -0.05) is 137 Å². The summed E-state index contributed by atoms with van der Waals surface area (Å²) in [4.78, 5) is 0. The highest BCUT2D eigenvalue weighted by molar-refractivity contribution is 5.32. The average molecular weight is 553 g/mol. The Balaban J connectivity index is 2.53. The first kappa shape index (κ1) is 35.9. The first-order valence-corrected chi connectivity index (χ1v) is 15.1. The average Bonchev–Trinajstić information content (AvgIpc) is 3.28. The van der Waals surface area contributed by atoms with E-state index >= 15 is 0 Å².